The summed E-state index contributed by atoms with van der Waals surface area (Å²) >= 11 is 0. The smallest absolute Gasteiger partial charge is 0.387 e. The number of rotatable bonds is 8. The maximum atomic E-state index is 12.9. The van der Waals surface area contributed by atoms with E-state index in [-0.39, 0.29) is 18.1 Å². The summed E-state index contributed by atoms with van der Waals surface area (Å²) in [6.45, 7) is -2.64. The Balaban J connectivity index is 2.05. The zero-order valence-electron chi connectivity index (χ0n) is 14.9. The maximum Gasteiger partial charge on any atom is 0.387 e. The zero-order chi connectivity index (χ0) is 19.8. The Morgan fingerprint density at radius 1 is 1.26 bits per heavy atom. The number of alkyl halides is 4. The average molecular weight is 387 g/mol. The minimum Gasteiger partial charge on any atom is -0.435 e. The maximum absolute atomic E-state index is 12.9. The summed E-state index contributed by atoms with van der Waals surface area (Å²) in [5.41, 5.74) is 0.846. The third-order valence-electron chi connectivity index (χ3n) is 3.59. The van der Waals surface area contributed by atoms with Gasteiger partial charge < -0.3 is 15.0 Å². The quantitative estimate of drug-likeness (QED) is 0.428. The van der Waals surface area contributed by atoms with Gasteiger partial charge in [-0.15, -0.1) is 0 Å². The molecule has 0 atom stereocenters. The second-order valence-corrected chi connectivity index (χ2v) is 5.58. The lowest BCUT2D eigenvalue weighted by Gasteiger charge is -2.22. The van der Waals surface area contributed by atoms with Gasteiger partial charge in [0.25, 0.3) is 0 Å². The fraction of sp³-hybridized carbons (Fsp3) is 0.412. The van der Waals surface area contributed by atoms with E-state index in [1.54, 1.807) is 24.1 Å². The number of hydrogen-bond donors (Lipinski definition) is 1. The van der Waals surface area contributed by atoms with E-state index in [0.29, 0.717) is 19.0 Å². The normalized spacial score (nSPS) is 11.9. The van der Waals surface area contributed by atoms with Gasteiger partial charge in [-0.3, -0.25) is 4.57 Å². The molecule has 0 aliphatic heterocycles. The van der Waals surface area contributed by atoms with Gasteiger partial charge in [0.2, 0.25) is 0 Å². The molecular formula is C17H21F4N5O. The van der Waals surface area contributed by atoms with Crippen LogP contribution in [0, 0.1) is 0 Å². The second kappa shape index (κ2) is 9.79. The molecule has 27 heavy (non-hydrogen) atoms. The van der Waals surface area contributed by atoms with Crippen LogP contribution >= 0.6 is 0 Å². The Morgan fingerprint density at radius 2 is 1.96 bits per heavy atom. The first-order chi connectivity index (χ1) is 12.9. The summed E-state index contributed by atoms with van der Waals surface area (Å²) in [5, 5.41) is 3.08. The molecule has 0 fully saturated rings. The van der Waals surface area contributed by atoms with Crippen LogP contribution < -0.4 is 10.1 Å². The van der Waals surface area contributed by atoms with Crippen LogP contribution in [0.15, 0.2) is 41.7 Å². The molecule has 0 radical (unpaired) electrons. The van der Waals surface area contributed by atoms with Crippen molar-refractivity contribution in [3.05, 3.63) is 48.0 Å². The number of nitrogens with zero attached hydrogens (tertiary/aromatic N) is 4. The highest BCUT2D eigenvalue weighted by Gasteiger charge is 2.12. The second-order valence-electron chi connectivity index (χ2n) is 5.58. The lowest BCUT2D eigenvalue weighted by Crippen LogP contribution is -2.38. The van der Waals surface area contributed by atoms with Crippen molar-refractivity contribution in [1.29, 1.82) is 0 Å². The van der Waals surface area contributed by atoms with Crippen molar-refractivity contribution < 1.29 is 22.3 Å². The molecule has 1 N–H and O–H groups in total. The molecule has 0 saturated heterocycles. The standard InChI is InChI=1S/C17H21F4N5O/c1-3-22-17(24-10-14-23-8-9-26(14)15(18)19)25(2)11-12-4-6-13(7-5-12)27-16(20)21/h4-9,15-16H,3,10-11H2,1-2H3,(H,22,24). The highest BCUT2D eigenvalue weighted by atomic mass is 19.3. The molecule has 1 aromatic heterocycles. The van der Waals surface area contributed by atoms with Gasteiger partial charge in [0.15, 0.2) is 5.96 Å². The van der Waals surface area contributed by atoms with Crippen LogP contribution in [0.2, 0.25) is 0 Å². The van der Waals surface area contributed by atoms with E-state index >= 15 is 0 Å². The Bertz CT molecular complexity index is 733. The number of nitrogens with one attached hydrogen (secondary N) is 1. The number of hydrogen-bond acceptors (Lipinski definition) is 3. The van der Waals surface area contributed by atoms with E-state index in [1.165, 1.54) is 24.5 Å². The summed E-state index contributed by atoms with van der Waals surface area (Å²) in [7, 11) is 1.78. The largest absolute Gasteiger partial charge is 0.435 e. The van der Waals surface area contributed by atoms with E-state index in [0.717, 1.165) is 10.1 Å². The fourth-order valence-electron chi connectivity index (χ4n) is 2.38. The van der Waals surface area contributed by atoms with Crippen molar-refractivity contribution in [3.8, 4) is 5.75 Å². The monoisotopic (exact) mass is 387 g/mol. The minimum absolute atomic E-state index is 0.00875. The van der Waals surface area contributed by atoms with Crippen LogP contribution in [0.5, 0.6) is 5.75 Å². The van der Waals surface area contributed by atoms with Crippen molar-refractivity contribution >= 4 is 5.96 Å². The van der Waals surface area contributed by atoms with Gasteiger partial charge in [-0.25, -0.2) is 9.98 Å². The Morgan fingerprint density at radius 3 is 2.56 bits per heavy atom. The van der Waals surface area contributed by atoms with Gasteiger partial charge in [0.1, 0.15) is 18.1 Å². The Labute approximate surface area is 154 Å². The van der Waals surface area contributed by atoms with Gasteiger partial charge in [0.05, 0.1) is 0 Å². The SMILES string of the molecule is CCNC(=NCc1nccn1C(F)F)N(C)Cc1ccc(OC(F)F)cc1. The molecule has 1 heterocycles. The molecule has 0 amide bonds. The number of imidazole rings is 1. The molecule has 0 unspecified atom stereocenters. The average Bonchev–Trinajstić information content (AvgIpc) is 3.08. The van der Waals surface area contributed by atoms with Crippen molar-refractivity contribution in [2.45, 2.75) is 33.2 Å². The number of guanidine groups is 1. The third kappa shape index (κ3) is 6.15. The molecule has 0 spiro atoms. The van der Waals surface area contributed by atoms with Crippen molar-refractivity contribution in [2.24, 2.45) is 4.99 Å². The number of aromatic nitrogens is 2. The first kappa shape index (κ1) is 20.5. The minimum atomic E-state index is -2.87. The molecule has 2 aromatic rings. The number of ether oxygens (including phenoxy) is 1. The van der Waals surface area contributed by atoms with Gasteiger partial charge in [0, 0.05) is 32.5 Å². The number of benzene rings is 1. The molecule has 0 bridgehead atoms. The lowest BCUT2D eigenvalue weighted by molar-refractivity contribution is -0.0498. The van der Waals surface area contributed by atoms with E-state index in [1.807, 2.05) is 6.92 Å². The highest BCUT2D eigenvalue weighted by Crippen LogP contribution is 2.16. The first-order valence-corrected chi connectivity index (χ1v) is 8.23. The molecule has 2 rings (SSSR count). The van der Waals surface area contributed by atoms with Crippen molar-refractivity contribution in [3.63, 3.8) is 0 Å². The van der Waals surface area contributed by atoms with Crippen LogP contribution in [0.1, 0.15) is 24.9 Å². The van der Waals surface area contributed by atoms with E-state index in [2.05, 4.69) is 20.0 Å². The van der Waals surface area contributed by atoms with Crippen LogP contribution in [-0.4, -0.2) is 40.6 Å². The van der Waals surface area contributed by atoms with Crippen molar-refractivity contribution in [1.82, 2.24) is 19.8 Å². The summed E-state index contributed by atoms with van der Waals surface area (Å²) in [5.74, 6) is 0.743. The summed E-state index contributed by atoms with van der Waals surface area (Å²) in [6, 6.07) is 6.25. The molecule has 0 saturated carbocycles. The summed E-state index contributed by atoms with van der Waals surface area (Å²) in [6.07, 6.45) is 2.51. The molecule has 0 aliphatic carbocycles. The van der Waals surface area contributed by atoms with Gasteiger partial charge in [-0.2, -0.15) is 17.6 Å². The van der Waals surface area contributed by atoms with Crippen LogP contribution in [0.25, 0.3) is 0 Å². The number of halogens is 4. The highest BCUT2D eigenvalue weighted by molar-refractivity contribution is 5.79. The van der Waals surface area contributed by atoms with E-state index in [4.69, 9.17) is 0 Å². The van der Waals surface area contributed by atoms with Crippen molar-refractivity contribution in [2.75, 3.05) is 13.6 Å². The summed E-state index contributed by atoms with van der Waals surface area (Å²) in [4.78, 5) is 10.0. The molecular weight excluding hydrogens is 366 g/mol. The van der Waals surface area contributed by atoms with Gasteiger partial charge in [-0.05, 0) is 24.6 Å². The number of aliphatic imine (C=N–C) groups is 1. The van der Waals surface area contributed by atoms with E-state index < -0.39 is 13.2 Å². The molecule has 10 heteroatoms. The molecule has 0 aliphatic rings. The van der Waals surface area contributed by atoms with Gasteiger partial charge >= 0.3 is 13.2 Å². The Kier molecular flexibility index (Phi) is 7.44. The molecule has 148 valence electrons. The van der Waals surface area contributed by atoms with Gasteiger partial charge in [-0.1, -0.05) is 12.1 Å². The lowest BCUT2D eigenvalue weighted by atomic mass is 10.2. The predicted molar refractivity (Wildman–Crippen MR) is 92.8 cm³/mol. The van der Waals surface area contributed by atoms with E-state index in [9.17, 15) is 17.6 Å². The predicted octanol–water partition coefficient (Wildman–Crippen LogP) is 3.48. The Hall–Kier alpha value is -2.78. The topological polar surface area (TPSA) is 54.7 Å². The molecule has 1 aromatic carbocycles. The van der Waals surface area contributed by atoms with Crippen LogP contribution in [0.3, 0.4) is 0 Å². The third-order valence-corrected chi connectivity index (χ3v) is 3.59. The summed E-state index contributed by atoms with van der Waals surface area (Å²) < 4.78 is 55.2. The van der Waals surface area contributed by atoms with Crippen LogP contribution in [0.4, 0.5) is 17.6 Å². The molecule has 6 nitrogen and oxygen atoms in total. The van der Waals surface area contributed by atoms with Crippen LogP contribution in [-0.2, 0) is 13.1 Å². The fourth-order valence-corrected chi connectivity index (χ4v) is 2.38. The first-order valence-electron chi connectivity index (χ1n) is 8.23. The zero-order valence-corrected chi connectivity index (χ0v) is 14.9.